The Hall–Kier alpha value is -2.61. The second kappa shape index (κ2) is 7.10. The predicted octanol–water partition coefficient (Wildman–Crippen LogP) is 2.27. The number of pyridine rings is 1. The van der Waals surface area contributed by atoms with Gasteiger partial charge in [0.15, 0.2) is 12.4 Å². The van der Waals surface area contributed by atoms with E-state index in [1.807, 2.05) is 19.0 Å². The van der Waals surface area contributed by atoms with Crippen molar-refractivity contribution in [1.82, 2.24) is 4.98 Å². The minimum absolute atomic E-state index is 0.0907. The van der Waals surface area contributed by atoms with Gasteiger partial charge in [-0.1, -0.05) is 15.9 Å². The lowest BCUT2D eigenvalue weighted by Crippen LogP contribution is -2.43. The third kappa shape index (κ3) is 3.74. The first-order chi connectivity index (χ1) is 12.0. The number of aromatic nitrogens is 1. The minimum atomic E-state index is -0.305. The summed E-state index contributed by atoms with van der Waals surface area (Å²) in [5.41, 5.74) is 1.17. The quantitative estimate of drug-likeness (QED) is 0.845. The van der Waals surface area contributed by atoms with Crippen LogP contribution in [0.5, 0.6) is 5.75 Å². The maximum Gasteiger partial charge on any atom is 0.265 e. The standard InChI is InChI=1S/C17H17BrN4O3/c1-21(2)17-12(4-3-7-19-17)20-15(23)9-22-13-6-5-11(18)8-14(13)25-10-16(22)24/h3-8H,9-10H2,1-2H3,(H,20,23). The molecule has 1 aliphatic heterocycles. The molecule has 0 fully saturated rings. The van der Waals surface area contributed by atoms with E-state index in [4.69, 9.17) is 4.74 Å². The van der Waals surface area contributed by atoms with E-state index in [2.05, 4.69) is 26.2 Å². The first-order valence-electron chi connectivity index (χ1n) is 7.60. The van der Waals surface area contributed by atoms with Crippen molar-refractivity contribution in [2.75, 3.05) is 42.4 Å². The highest BCUT2D eigenvalue weighted by Gasteiger charge is 2.27. The molecule has 1 aromatic heterocycles. The molecule has 1 aliphatic rings. The Balaban J connectivity index is 1.79. The van der Waals surface area contributed by atoms with Crippen LogP contribution in [0.25, 0.3) is 0 Å². The molecule has 8 heteroatoms. The van der Waals surface area contributed by atoms with Crippen LogP contribution in [0.2, 0.25) is 0 Å². The van der Waals surface area contributed by atoms with Gasteiger partial charge in [-0.3, -0.25) is 14.5 Å². The summed E-state index contributed by atoms with van der Waals surface area (Å²) in [5.74, 6) is 0.648. The minimum Gasteiger partial charge on any atom is -0.482 e. The number of benzene rings is 1. The molecular formula is C17H17BrN4O3. The Morgan fingerprint density at radius 3 is 2.96 bits per heavy atom. The van der Waals surface area contributed by atoms with E-state index in [0.29, 0.717) is 22.9 Å². The summed E-state index contributed by atoms with van der Waals surface area (Å²) in [6.07, 6.45) is 1.66. The zero-order valence-corrected chi connectivity index (χ0v) is 15.4. The molecule has 2 heterocycles. The van der Waals surface area contributed by atoms with Gasteiger partial charge < -0.3 is 15.0 Å². The highest BCUT2D eigenvalue weighted by molar-refractivity contribution is 9.10. The Bertz CT molecular complexity index is 825. The molecule has 1 N–H and O–H groups in total. The second-order valence-corrected chi connectivity index (χ2v) is 6.61. The molecule has 0 aliphatic carbocycles. The van der Waals surface area contributed by atoms with E-state index in [9.17, 15) is 9.59 Å². The molecule has 3 rings (SSSR count). The number of hydrogen-bond acceptors (Lipinski definition) is 5. The number of carbonyl (C=O) groups excluding carboxylic acids is 2. The lowest BCUT2D eigenvalue weighted by atomic mass is 10.2. The van der Waals surface area contributed by atoms with E-state index in [-0.39, 0.29) is 25.0 Å². The van der Waals surface area contributed by atoms with Crippen LogP contribution in [0.4, 0.5) is 17.2 Å². The van der Waals surface area contributed by atoms with Gasteiger partial charge in [-0.05, 0) is 30.3 Å². The summed E-state index contributed by atoms with van der Waals surface area (Å²) >= 11 is 3.37. The number of nitrogens with zero attached hydrogens (tertiary/aromatic N) is 3. The van der Waals surface area contributed by atoms with Crippen molar-refractivity contribution in [3.05, 3.63) is 41.0 Å². The maximum absolute atomic E-state index is 12.5. The van der Waals surface area contributed by atoms with E-state index in [0.717, 1.165) is 4.47 Å². The van der Waals surface area contributed by atoms with Gasteiger partial charge in [0.1, 0.15) is 12.3 Å². The molecule has 0 unspecified atom stereocenters. The van der Waals surface area contributed by atoms with Crippen LogP contribution in [0.3, 0.4) is 0 Å². The van der Waals surface area contributed by atoms with E-state index < -0.39 is 0 Å². The van der Waals surface area contributed by atoms with Crippen molar-refractivity contribution < 1.29 is 14.3 Å². The first-order valence-corrected chi connectivity index (χ1v) is 8.40. The van der Waals surface area contributed by atoms with Crippen LogP contribution >= 0.6 is 15.9 Å². The molecule has 1 aromatic carbocycles. The number of anilines is 3. The second-order valence-electron chi connectivity index (χ2n) is 5.70. The summed E-state index contributed by atoms with van der Waals surface area (Å²) in [7, 11) is 3.69. The summed E-state index contributed by atoms with van der Waals surface area (Å²) in [6, 6.07) is 8.84. The number of carbonyl (C=O) groups is 2. The van der Waals surface area contributed by atoms with Crippen molar-refractivity contribution >= 4 is 44.9 Å². The average molecular weight is 405 g/mol. The number of amides is 2. The topological polar surface area (TPSA) is 74.8 Å². The molecule has 0 radical (unpaired) electrons. The van der Waals surface area contributed by atoms with Crippen molar-refractivity contribution in [3.8, 4) is 5.75 Å². The van der Waals surface area contributed by atoms with Crippen molar-refractivity contribution in [2.24, 2.45) is 0 Å². The lowest BCUT2D eigenvalue weighted by molar-refractivity contribution is -0.123. The third-order valence-corrected chi connectivity index (χ3v) is 4.14. The van der Waals surface area contributed by atoms with Gasteiger partial charge in [0.05, 0.1) is 11.4 Å². The Kier molecular flexibility index (Phi) is 4.89. The number of nitrogens with one attached hydrogen (secondary N) is 1. The lowest BCUT2D eigenvalue weighted by Gasteiger charge is -2.29. The molecule has 25 heavy (non-hydrogen) atoms. The van der Waals surface area contributed by atoms with Gasteiger partial charge in [-0.25, -0.2) is 4.98 Å². The third-order valence-electron chi connectivity index (χ3n) is 3.65. The number of ether oxygens (including phenoxy) is 1. The Morgan fingerprint density at radius 1 is 1.40 bits per heavy atom. The van der Waals surface area contributed by atoms with Gasteiger partial charge in [0, 0.05) is 24.8 Å². The molecule has 0 spiro atoms. The van der Waals surface area contributed by atoms with Crippen LogP contribution in [-0.2, 0) is 9.59 Å². The van der Waals surface area contributed by atoms with E-state index in [1.54, 1.807) is 36.5 Å². The number of rotatable bonds is 4. The molecule has 0 saturated carbocycles. The molecule has 0 atom stereocenters. The number of halogens is 1. The van der Waals surface area contributed by atoms with Gasteiger partial charge >= 0.3 is 0 Å². The highest BCUT2D eigenvalue weighted by Crippen LogP contribution is 2.34. The van der Waals surface area contributed by atoms with E-state index in [1.165, 1.54) is 4.90 Å². The zero-order valence-electron chi connectivity index (χ0n) is 13.8. The Morgan fingerprint density at radius 2 is 2.20 bits per heavy atom. The fraction of sp³-hybridized carbons (Fsp3) is 0.235. The van der Waals surface area contributed by atoms with Gasteiger partial charge in [-0.2, -0.15) is 0 Å². The monoisotopic (exact) mass is 404 g/mol. The van der Waals surface area contributed by atoms with Gasteiger partial charge in [0.25, 0.3) is 5.91 Å². The smallest absolute Gasteiger partial charge is 0.265 e. The van der Waals surface area contributed by atoms with Crippen molar-refractivity contribution in [2.45, 2.75) is 0 Å². The SMILES string of the molecule is CN(C)c1ncccc1NC(=O)CN1C(=O)COc2cc(Br)ccc21. The highest BCUT2D eigenvalue weighted by atomic mass is 79.9. The number of hydrogen-bond donors (Lipinski definition) is 1. The summed E-state index contributed by atoms with van der Waals surface area (Å²) < 4.78 is 6.27. The van der Waals surface area contributed by atoms with Crippen LogP contribution < -0.4 is 19.9 Å². The molecule has 2 aromatic rings. The predicted molar refractivity (Wildman–Crippen MR) is 99.2 cm³/mol. The van der Waals surface area contributed by atoms with Crippen LogP contribution in [0, 0.1) is 0 Å². The Labute approximate surface area is 153 Å². The molecular weight excluding hydrogens is 388 g/mol. The summed E-state index contributed by atoms with van der Waals surface area (Å²) in [4.78, 5) is 32.1. The van der Waals surface area contributed by atoms with Crippen LogP contribution in [0.15, 0.2) is 41.0 Å². The zero-order chi connectivity index (χ0) is 18.0. The fourth-order valence-electron chi connectivity index (χ4n) is 2.54. The summed E-state index contributed by atoms with van der Waals surface area (Å²) in [5, 5.41) is 2.81. The molecule has 0 bridgehead atoms. The average Bonchev–Trinajstić information content (AvgIpc) is 2.57. The van der Waals surface area contributed by atoms with Crippen LogP contribution in [-0.4, -0.2) is 44.0 Å². The van der Waals surface area contributed by atoms with Gasteiger partial charge in [-0.15, -0.1) is 0 Å². The molecule has 2 amide bonds. The molecule has 130 valence electrons. The van der Waals surface area contributed by atoms with E-state index >= 15 is 0 Å². The molecule has 0 saturated heterocycles. The first kappa shape index (κ1) is 17.2. The van der Waals surface area contributed by atoms with Gasteiger partial charge in [0.2, 0.25) is 5.91 Å². The van der Waals surface area contributed by atoms with Crippen molar-refractivity contribution in [3.63, 3.8) is 0 Å². The van der Waals surface area contributed by atoms with Crippen LogP contribution in [0.1, 0.15) is 0 Å². The maximum atomic E-state index is 12.5. The summed E-state index contributed by atoms with van der Waals surface area (Å²) in [6.45, 7) is -0.189. The van der Waals surface area contributed by atoms with Crippen molar-refractivity contribution in [1.29, 1.82) is 0 Å². The number of fused-ring (bicyclic) bond motifs is 1. The normalized spacial score (nSPS) is 13.1. The largest absolute Gasteiger partial charge is 0.482 e. The fourth-order valence-corrected chi connectivity index (χ4v) is 2.88. The molecule has 7 nitrogen and oxygen atoms in total.